The monoisotopic (exact) mass is 560 g/mol. The Morgan fingerprint density at radius 3 is 2.24 bits per heavy atom. The van der Waals surface area contributed by atoms with Gasteiger partial charge in [-0.1, -0.05) is 48.0 Å². The first-order valence-electron chi connectivity index (χ1n) is 13.5. The van der Waals surface area contributed by atoms with Crippen LogP contribution in [0.2, 0.25) is 0 Å². The Hall–Kier alpha value is -4.41. The molecule has 0 unspecified atom stereocenters. The van der Waals surface area contributed by atoms with E-state index < -0.39 is 29.7 Å². The molecule has 3 aromatic rings. The fourth-order valence-corrected chi connectivity index (χ4v) is 4.89. The number of carbonyl (C=O) groups excluding carboxylic acids is 3. The number of amides is 4. The predicted molar refractivity (Wildman–Crippen MR) is 157 cm³/mol. The number of carbonyl (C=O) groups is 3. The molecule has 1 aliphatic heterocycles. The molecular formula is C31H36N4O6. The second-order valence-electron chi connectivity index (χ2n) is 9.55. The average molecular weight is 561 g/mol. The molecule has 41 heavy (non-hydrogen) atoms. The molecule has 3 aromatic carbocycles. The molecule has 216 valence electrons. The lowest BCUT2D eigenvalue weighted by atomic mass is 9.87. The van der Waals surface area contributed by atoms with Gasteiger partial charge in [-0.15, -0.1) is 0 Å². The Morgan fingerprint density at radius 1 is 0.902 bits per heavy atom. The summed E-state index contributed by atoms with van der Waals surface area (Å²) in [6, 6.07) is 20.7. The van der Waals surface area contributed by atoms with Crippen LogP contribution in [0.25, 0.3) is 0 Å². The van der Waals surface area contributed by atoms with Crippen molar-refractivity contribution < 1.29 is 28.6 Å². The van der Waals surface area contributed by atoms with Crippen molar-refractivity contribution >= 4 is 34.9 Å². The second-order valence-corrected chi connectivity index (χ2v) is 9.55. The maximum absolute atomic E-state index is 14.3. The number of para-hydroxylation sites is 3. The van der Waals surface area contributed by atoms with E-state index in [0.717, 1.165) is 5.56 Å². The minimum Gasteiger partial charge on any atom is -0.495 e. The molecular weight excluding hydrogens is 524 g/mol. The van der Waals surface area contributed by atoms with Gasteiger partial charge < -0.3 is 35.1 Å². The third kappa shape index (κ3) is 6.67. The van der Waals surface area contributed by atoms with Crippen LogP contribution in [0.1, 0.15) is 31.4 Å². The summed E-state index contributed by atoms with van der Waals surface area (Å²) >= 11 is 0. The number of urea groups is 1. The van der Waals surface area contributed by atoms with Gasteiger partial charge in [0.15, 0.2) is 11.8 Å². The Kier molecular flexibility index (Phi) is 9.59. The van der Waals surface area contributed by atoms with Crippen LogP contribution < -0.4 is 25.6 Å². The normalized spacial score (nSPS) is 15.9. The molecule has 0 aliphatic carbocycles. The van der Waals surface area contributed by atoms with Gasteiger partial charge in [0.1, 0.15) is 5.75 Å². The summed E-state index contributed by atoms with van der Waals surface area (Å²) in [5.41, 5.74) is 1.38. The molecule has 4 rings (SSSR count). The molecule has 4 amide bonds. The zero-order chi connectivity index (χ0) is 29.4. The van der Waals surface area contributed by atoms with Crippen molar-refractivity contribution in [3.05, 3.63) is 83.9 Å². The van der Waals surface area contributed by atoms with Crippen LogP contribution in [0.3, 0.4) is 0 Å². The number of rotatable bonds is 12. The number of benzene rings is 3. The number of anilines is 3. The predicted octanol–water partition coefficient (Wildman–Crippen LogP) is 4.80. The maximum atomic E-state index is 14.3. The van der Waals surface area contributed by atoms with Crippen LogP contribution >= 0.6 is 0 Å². The highest BCUT2D eigenvalue weighted by atomic mass is 16.7. The lowest BCUT2D eigenvalue weighted by Crippen LogP contribution is -2.56. The molecule has 0 saturated carbocycles. The Labute approximate surface area is 240 Å². The number of fused-ring (bicyclic) bond motifs is 1. The molecule has 1 atom stereocenters. The lowest BCUT2D eigenvalue weighted by Gasteiger charge is -2.30. The van der Waals surface area contributed by atoms with Gasteiger partial charge in [-0.25, -0.2) is 4.79 Å². The summed E-state index contributed by atoms with van der Waals surface area (Å²) in [6.45, 7) is 6.49. The molecule has 0 saturated heterocycles. The number of nitrogens with one attached hydrogen (secondary N) is 3. The molecule has 0 fully saturated rings. The van der Waals surface area contributed by atoms with Gasteiger partial charge in [0, 0.05) is 24.5 Å². The minimum atomic E-state index is -1.71. The SMILES string of the molecule is CCOC(CN1C(=O)[C@@](CC(=O)Nc2ccc(C)cc2)(NC(=O)Nc2ccccc2OC)c2ccccc21)OCC. The van der Waals surface area contributed by atoms with Crippen LogP contribution in [-0.2, 0) is 24.6 Å². The quantitative estimate of drug-likeness (QED) is 0.274. The highest BCUT2D eigenvalue weighted by Gasteiger charge is 2.53. The van der Waals surface area contributed by atoms with Gasteiger partial charge >= 0.3 is 6.03 Å². The number of hydrogen-bond acceptors (Lipinski definition) is 6. The summed E-state index contributed by atoms with van der Waals surface area (Å²) < 4.78 is 16.8. The van der Waals surface area contributed by atoms with E-state index in [-0.39, 0.29) is 13.0 Å². The number of hydrogen-bond donors (Lipinski definition) is 3. The van der Waals surface area contributed by atoms with Crippen molar-refractivity contribution in [2.75, 3.05) is 42.4 Å². The third-order valence-electron chi connectivity index (χ3n) is 6.74. The van der Waals surface area contributed by atoms with E-state index in [9.17, 15) is 14.4 Å². The Balaban J connectivity index is 1.70. The van der Waals surface area contributed by atoms with E-state index in [0.29, 0.717) is 41.6 Å². The van der Waals surface area contributed by atoms with E-state index in [1.54, 1.807) is 60.7 Å². The van der Waals surface area contributed by atoms with Gasteiger partial charge in [-0.2, -0.15) is 0 Å². The Morgan fingerprint density at radius 2 is 1.56 bits per heavy atom. The molecule has 0 radical (unpaired) electrons. The van der Waals surface area contributed by atoms with Crippen LogP contribution in [-0.4, -0.2) is 51.0 Å². The minimum absolute atomic E-state index is 0.0780. The molecule has 3 N–H and O–H groups in total. The number of ether oxygens (including phenoxy) is 3. The molecule has 0 bridgehead atoms. The average Bonchev–Trinajstić information content (AvgIpc) is 3.17. The van der Waals surface area contributed by atoms with E-state index in [2.05, 4.69) is 16.0 Å². The van der Waals surface area contributed by atoms with Crippen molar-refractivity contribution in [3.8, 4) is 5.75 Å². The summed E-state index contributed by atoms with van der Waals surface area (Å²) in [7, 11) is 1.50. The molecule has 1 heterocycles. The van der Waals surface area contributed by atoms with Gasteiger partial charge in [0.2, 0.25) is 5.91 Å². The zero-order valence-corrected chi connectivity index (χ0v) is 23.7. The second kappa shape index (κ2) is 13.3. The van der Waals surface area contributed by atoms with Gasteiger partial charge in [-0.05, 0) is 51.1 Å². The van der Waals surface area contributed by atoms with E-state index in [4.69, 9.17) is 14.2 Å². The summed E-state index contributed by atoms with van der Waals surface area (Å²) in [5.74, 6) is -0.468. The molecule has 0 aromatic heterocycles. The van der Waals surface area contributed by atoms with Crippen LogP contribution in [0, 0.1) is 6.92 Å². The van der Waals surface area contributed by atoms with E-state index in [1.165, 1.54) is 12.0 Å². The van der Waals surface area contributed by atoms with Crippen molar-refractivity contribution in [2.45, 2.75) is 39.0 Å². The van der Waals surface area contributed by atoms with Gasteiger partial charge in [0.25, 0.3) is 5.91 Å². The smallest absolute Gasteiger partial charge is 0.320 e. The lowest BCUT2D eigenvalue weighted by molar-refractivity contribution is -0.138. The fraction of sp³-hybridized carbons (Fsp3) is 0.323. The Bertz CT molecular complexity index is 1370. The van der Waals surface area contributed by atoms with Crippen LogP contribution in [0.15, 0.2) is 72.8 Å². The fourth-order valence-electron chi connectivity index (χ4n) is 4.89. The van der Waals surface area contributed by atoms with Gasteiger partial charge in [-0.3, -0.25) is 9.59 Å². The first-order chi connectivity index (χ1) is 19.8. The first-order valence-corrected chi connectivity index (χ1v) is 13.5. The first kappa shape index (κ1) is 29.6. The maximum Gasteiger partial charge on any atom is 0.320 e. The standard InChI is InChI=1S/C31H36N4O6/c1-5-40-28(41-6-2)20-35-25-13-9-7-11-23(25)31(29(35)37,19-27(36)32-22-17-15-21(3)16-18-22)34-30(38)33-24-12-8-10-14-26(24)39-4/h7-18,28H,5-6,19-20H2,1-4H3,(H,32,36)(H2,33,34,38)/t31-/m0/s1. The van der Waals surface area contributed by atoms with Crippen LogP contribution in [0.5, 0.6) is 5.75 Å². The van der Waals surface area contributed by atoms with E-state index >= 15 is 0 Å². The number of nitrogens with zero attached hydrogens (tertiary/aromatic N) is 1. The zero-order valence-electron chi connectivity index (χ0n) is 23.7. The van der Waals surface area contributed by atoms with Crippen molar-refractivity contribution in [1.29, 1.82) is 0 Å². The largest absolute Gasteiger partial charge is 0.495 e. The van der Waals surface area contributed by atoms with Crippen LogP contribution in [0.4, 0.5) is 21.9 Å². The molecule has 1 aliphatic rings. The topological polar surface area (TPSA) is 118 Å². The summed E-state index contributed by atoms with van der Waals surface area (Å²) in [4.78, 5) is 42.8. The third-order valence-corrected chi connectivity index (χ3v) is 6.74. The van der Waals surface area contributed by atoms with Crippen molar-refractivity contribution in [3.63, 3.8) is 0 Å². The summed E-state index contributed by atoms with van der Waals surface area (Å²) in [5, 5.41) is 8.47. The number of methoxy groups -OCH3 is 1. The highest BCUT2D eigenvalue weighted by molar-refractivity contribution is 6.13. The molecule has 0 spiro atoms. The number of aryl methyl sites for hydroxylation is 1. The molecule has 10 heteroatoms. The van der Waals surface area contributed by atoms with E-state index in [1.807, 2.05) is 32.9 Å². The summed E-state index contributed by atoms with van der Waals surface area (Å²) in [6.07, 6.45) is -1.04. The highest BCUT2D eigenvalue weighted by Crippen LogP contribution is 2.43. The van der Waals surface area contributed by atoms with Crippen molar-refractivity contribution in [2.24, 2.45) is 0 Å². The van der Waals surface area contributed by atoms with Gasteiger partial charge in [0.05, 0.1) is 31.5 Å². The van der Waals surface area contributed by atoms with Crippen molar-refractivity contribution in [1.82, 2.24) is 5.32 Å². The molecule has 10 nitrogen and oxygen atoms in total.